The lowest BCUT2D eigenvalue weighted by Crippen LogP contribution is -2.48. The zero-order valence-electron chi connectivity index (χ0n) is 17.3. The van der Waals surface area contributed by atoms with E-state index < -0.39 is 18.0 Å². The number of aliphatic hydroxyl groups excluding tert-OH is 1. The van der Waals surface area contributed by atoms with E-state index in [2.05, 4.69) is 25.5 Å². The standard InChI is InChI=1S/C22H22F2N6O/c1-11(2)30-16-9-14(24)8-15-17(16)19(27-28-22(15)31)18(21-25-10-26-29(21)3)20(30)12-4-6-13(23)7-5-12/h4-11,18,20,22,28,31H,1-3H3/t18-,20+,22?/m0/s1. The number of rotatable bonds is 3. The molecule has 5 rings (SSSR count). The number of nitrogens with zero attached hydrogens (tertiary/aromatic N) is 5. The number of hydrogen-bond donors (Lipinski definition) is 2. The van der Waals surface area contributed by atoms with E-state index in [-0.39, 0.29) is 17.9 Å². The Morgan fingerprint density at radius 2 is 1.84 bits per heavy atom. The highest BCUT2D eigenvalue weighted by Gasteiger charge is 2.46. The maximum absolute atomic E-state index is 14.6. The molecule has 3 heterocycles. The zero-order chi connectivity index (χ0) is 21.9. The number of hydrogen-bond acceptors (Lipinski definition) is 6. The Morgan fingerprint density at radius 1 is 1.10 bits per heavy atom. The molecule has 2 aromatic carbocycles. The van der Waals surface area contributed by atoms with Crippen molar-refractivity contribution in [1.29, 1.82) is 0 Å². The van der Waals surface area contributed by atoms with Gasteiger partial charge in [0.2, 0.25) is 0 Å². The molecule has 160 valence electrons. The van der Waals surface area contributed by atoms with Crippen LogP contribution < -0.4 is 10.3 Å². The van der Waals surface area contributed by atoms with Crippen LogP contribution in [0.1, 0.15) is 54.5 Å². The van der Waals surface area contributed by atoms with E-state index in [4.69, 9.17) is 0 Å². The molecule has 3 atom stereocenters. The topological polar surface area (TPSA) is 78.6 Å². The Morgan fingerprint density at radius 3 is 2.48 bits per heavy atom. The number of aryl methyl sites for hydroxylation is 1. The SMILES string of the molecule is CC(C)N1c2cc(F)cc3c2C(=NNC3O)[C@H](c2ncnn2C)[C@H]1c1ccc(F)cc1. The summed E-state index contributed by atoms with van der Waals surface area (Å²) in [6.07, 6.45) is 0.355. The average molecular weight is 424 g/mol. The van der Waals surface area contributed by atoms with Gasteiger partial charge in [0.25, 0.3) is 0 Å². The van der Waals surface area contributed by atoms with Crippen molar-refractivity contribution in [3.8, 4) is 0 Å². The summed E-state index contributed by atoms with van der Waals surface area (Å²) in [7, 11) is 1.80. The third kappa shape index (κ3) is 2.99. The highest BCUT2D eigenvalue weighted by Crippen LogP contribution is 2.50. The molecule has 31 heavy (non-hydrogen) atoms. The smallest absolute Gasteiger partial charge is 0.166 e. The van der Waals surface area contributed by atoms with E-state index in [0.29, 0.717) is 28.4 Å². The molecule has 0 amide bonds. The van der Waals surface area contributed by atoms with Crippen LogP contribution in [0, 0.1) is 11.6 Å². The van der Waals surface area contributed by atoms with Crippen molar-refractivity contribution in [3.05, 3.63) is 76.9 Å². The molecule has 0 radical (unpaired) electrons. The molecule has 2 N–H and O–H groups in total. The van der Waals surface area contributed by atoms with Crippen molar-refractivity contribution in [2.45, 2.75) is 38.1 Å². The number of aromatic nitrogens is 3. The van der Waals surface area contributed by atoms with Crippen LogP contribution in [0.4, 0.5) is 14.5 Å². The molecule has 9 heteroatoms. The Kier molecular flexibility index (Phi) is 4.51. The first-order valence-corrected chi connectivity index (χ1v) is 10.1. The molecule has 7 nitrogen and oxygen atoms in total. The second-order valence-electron chi connectivity index (χ2n) is 8.13. The van der Waals surface area contributed by atoms with Crippen LogP contribution in [0.15, 0.2) is 47.8 Å². The van der Waals surface area contributed by atoms with Gasteiger partial charge in [-0.3, -0.25) is 10.1 Å². The third-order valence-corrected chi connectivity index (χ3v) is 5.95. The van der Waals surface area contributed by atoms with Crippen LogP contribution in [-0.2, 0) is 7.05 Å². The maximum atomic E-state index is 14.6. The van der Waals surface area contributed by atoms with Crippen molar-refractivity contribution in [1.82, 2.24) is 20.2 Å². The Bertz CT molecular complexity index is 1170. The van der Waals surface area contributed by atoms with E-state index in [9.17, 15) is 13.9 Å². The summed E-state index contributed by atoms with van der Waals surface area (Å²) in [6, 6.07) is 8.71. The van der Waals surface area contributed by atoms with Gasteiger partial charge in [0, 0.05) is 24.2 Å². The number of hydrazone groups is 1. The van der Waals surface area contributed by atoms with E-state index in [1.165, 1.54) is 30.6 Å². The predicted octanol–water partition coefficient (Wildman–Crippen LogP) is 3.15. The first-order valence-electron chi connectivity index (χ1n) is 10.1. The minimum absolute atomic E-state index is 0.0368. The van der Waals surface area contributed by atoms with Gasteiger partial charge in [0.1, 0.15) is 23.8 Å². The molecular formula is C22H22F2N6O. The maximum Gasteiger partial charge on any atom is 0.166 e. The first-order chi connectivity index (χ1) is 14.9. The summed E-state index contributed by atoms with van der Waals surface area (Å²) in [6.45, 7) is 4.03. The first kappa shape index (κ1) is 19.6. The Hall–Kier alpha value is -3.33. The molecule has 0 spiro atoms. The normalized spacial score (nSPS) is 22.2. The van der Waals surface area contributed by atoms with Crippen molar-refractivity contribution in [2.24, 2.45) is 12.1 Å². The summed E-state index contributed by atoms with van der Waals surface area (Å²) >= 11 is 0. The zero-order valence-corrected chi connectivity index (χ0v) is 17.3. The quantitative estimate of drug-likeness (QED) is 0.676. The lowest BCUT2D eigenvalue weighted by atomic mass is 9.77. The van der Waals surface area contributed by atoms with Gasteiger partial charge in [0.05, 0.1) is 23.4 Å². The molecular weight excluding hydrogens is 402 g/mol. The van der Waals surface area contributed by atoms with Crippen molar-refractivity contribution < 1.29 is 13.9 Å². The van der Waals surface area contributed by atoms with Gasteiger partial charge >= 0.3 is 0 Å². The summed E-state index contributed by atoms with van der Waals surface area (Å²) in [5.74, 6) is -0.509. The molecule has 1 aromatic heterocycles. The van der Waals surface area contributed by atoms with Crippen LogP contribution >= 0.6 is 0 Å². The van der Waals surface area contributed by atoms with Gasteiger partial charge in [-0.25, -0.2) is 13.8 Å². The second-order valence-corrected chi connectivity index (χ2v) is 8.13. The largest absolute Gasteiger partial charge is 0.368 e. The molecule has 0 saturated carbocycles. The van der Waals surface area contributed by atoms with Gasteiger partial charge in [-0.2, -0.15) is 10.2 Å². The van der Waals surface area contributed by atoms with E-state index in [0.717, 1.165) is 5.56 Å². The number of benzene rings is 2. The Balaban J connectivity index is 1.84. The second kappa shape index (κ2) is 7.12. The van der Waals surface area contributed by atoms with Crippen LogP contribution in [0.2, 0.25) is 0 Å². The number of nitrogens with one attached hydrogen (secondary N) is 1. The fraction of sp³-hybridized carbons (Fsp3) is 0.318. The van der Waals surface area contributed by atoms with Gasteiger partial charge in [-0.05, 0) is 43.7 Å². The molecule has 0 bridgehead atoms. The highest BCUT2D eigenvalue weighted by atomic mass is 19.1. The van der Waals surface area contributed by atoms with Gasteiger partial charge in [-0.1, -0.05) is 12.1 Å². The lowest BCUT2D eigenvalue weighted by molar-refractivity contribution is 0.137. The van der Waals surface area contributed by atoms with Crippen molar-refractivity contribution in [3.63, 3.8) is 0 Å². The molecule has 0 aliphatic carbocycles. The summed E-state index contributed by atoms with van der Waals surface area (Å²) < 4.78 is 30.1. The molecule has 1 unspecified atom stereocenters. The number of aliphatic hydroxyl groups is 1. The summed E-state index contributed by atoms with van der Waals surface area (Å²) in [5.41, 5.74) is 5.93. The number of anilines is 1. The highest BCUT2D eigenvalue weighted by molar-refractivity contribution is 6.13. The van der Waals surface area contributed by atoms with Crippen LogP contribution in [0.3, 0.4) is 0 Å². The van der Waals surface area contributed by atoms with Crippen molar-refractivity contribution in [2.75, 3.05) is 4.90 Å². The van der Waals surface area contributed by atoms with Gasteiger partial charge in [0.15, 0.2) is 6.23 Å². The fourth-order valence-electron chi connectivity index (χ4n) is 4.72. The van der Waals surface area contributed by atoms with E-state index in [1.807, 2.05) is 13.8 Å². The monoisotopic (exact) mass is 424 g/mol. The molecule has 2 aliphatic heterocycles. The fourth-order valence-corrected chi connectivity index (χ4v) is 4.72. The van der Waals surface area contributed by atoms with Crippen LogP contribution in [0.5, 0.6) is 0 Å². The minimum atomic E-state index is -1.12. The summed E-state index contributed by atoms with van der Waals surface area (Å²) in [4.78, 5) is 6.58. The third-order valence-electron chi connectivity index (χ3n) is 5.95. The van der Waals surface area contributed by atoms with Crippen LogP contribution in [-0.4, -0.2) is 31.6 Å². The lowest BCUT2D eigenvalue weighted by Gasteiger charge is -2.48. The van der Waals surface area contributed by atoms with Gasteiger partial charge < -0.3 is 10.0 Å². The Labute approximate surface area is 178 Å². The molecule has 3 aromatic rings. The minimum Gasteiger partial charge on any atom is -0.368 e. The molecule has 0 fully saturated rings. The number of halogens is 2. The average Bonchev–Trinajstić information content (AvgIpc) is 3.15. The van der Waals surface area contributed by atoms with E-state index in [1.54, 1.807) is 23.9 Å². The predicted molar refractivity (Wildman–Crippen MR) is 112 cm³/mol. The van der Waals surface area contributed by atoms with Crippen LogP contribution in [0.25, 0.3) is 0 Å². The molecule has 2 aliphatic rings. The molecule has 0 saturated heterocycles. The van der Waals surface area contributed by atoms with Gasteiger partial charge in [-0.15, -0.1) is 0 Å². The summed E-state index contributed by atoms with van der Waals surface area (Å²) in [5, 5.41) is 19.2. The van der Waals surface area contributed by atoms with Crippen molar-refractivity contribution >= 4 is 11.4 Å². The van der Waals surface area contributed by atoms with E-state index >= 15 is 0 Å².